The molecule has 0 bridgehead atoms. The van der Waals surface area contributed by atoms with Crippen molar-refractivity contribution in [1.29, 1.82) is 0 Å². The normalized spacial score (nSPS) is 12.2. The van der Waals surface area contributed by atoms with Gasteiger partial charge in [-0.3, -0.25) is 0 Å². The molecule has 0 heterocycles. The molecular weight excluding hydrogens is 230 g/mol. The van der Waals surface area contributed by atoms with Crippen molar-refractivity contribution in [2.24, 2.45) is 0 Å². The fourth-order valence-electron chi connectivity index (χ4n) is 1.76. The van der Waals surface area contributed by atoms with Gasteiger partial charge < -0.3 is 19.5 Å². The molecule has 0 aliphatic rings. The third-order valence-corrected chi connectivity index (χ3v) is 2.79. The lowest BCUT2D eigenvalue weighted by Crippen LogP contribution is -2.22. The summed E-state index contributed by atoms with van der Waals surface area (Å²) in [5, 5.41) is 3.24. The highest BCUT2D eigenvalue weighted by molar-refractivity contribution is 5.43. The van der Waals surface area contributed by atoms with Gasteiger partial charge in [0.2, 0.25) is 0 Å². The molecule has 0 fully saturated rings. The smallest absolute Gasteiger partial charge is 0.161 e. The van der Waals surface area contributed by atoms with Crippen LogP contribution in [-0.2, 0) is 4.74 Å². The van der Waals surface area contributed by atoms with Gasteiger partial charge in [0, 0.05) is 6.61 Å². The minimum absolute atomic E-state index is 0.163. The van der Waals surface area contributed by atoms with Gasteiger partial charge in [0.15, 0.2) is 11.5 Å². The Hall–Kier alpha value is -1.26. The summed E-state index contributed by atoms with van der Waals surface area (Å²) in [6.07, 6.45) is 1.03. The van der Waals surface area contributed by atoms with Crippen molar-refractivity contribution >= 4 is 0 Å². The molecule has 0 saturated carbocycles. The fourth-order valence-corrected chi connectivity index (χ4v) is 1.76. The molecule has 1 aromatic rings. The summed E-state index contributed by atoms with van der Waals surface area (Å²) in [6, 6.07) is 6.09. The average Bonchev–Trinajstić information content (AvgIpc) is 2.43. The van der Waals surface area contributed by atoms with Gasteiger partial charge in [-0.1, -0.05) is 13.0 Å². The topological polar surface area (TPSA) is 39.7 Å². The van der Waals surface area contributed by atoms with E-state index >= 15 is 0 Å². The first kappa shape index (κ1) is 14.8. The maximum Gasteiger partial charge on any atom is 0.161 e. The van der Waals surface area contributed by atoms with Crippen LogP contribution in [0.15, 0.2) is 18.2 Å². The second-order valence-electron chi connectivity index (χ2n) is 4.03. The Morgan fingerprint density at radius 3 is 2.44 bits per heavy atom. The maximum atomic E-state index is 5.59. The Kier molecular flexibility index (Phi) is 6.54. The van der Waals surface area contributed by atoms with Gasteiger partial charge in [0.05, 0.1) is 26.9 Å². The van der Waals surface area contributed by atoms with E-state index in [2.05, 4.69) is 12.2 Å². The quantitative estimate of drug-likeness (QED) is 0.722. The zero-order valence-corrected chi connectivity index (χ0v) is 11.7. The largest absolute Gasteiger partial charge is 0.493 e. The first-order chi connectivity index (χ1) is 8.76. The molecule has 1 unspecified atom stereocenters. The molecule has 1 N–H and O–H groups in total. The first-order valence-corrected chi connectivity index (χ1v) is 6.23. The molecular formula is C14H23NO3. The second-order valence-corrected chi connectivity index (χ2v) is 4.03. The molecule has 4 heteroatoms. The second kappa shape index (κ2) is 7.95. The Labute approximate surface area is 109 Å². The summed E-state index contributed by atoms with van der Waals surface area (Å²) in [7, 11) is 5.21. The number of rotatable bonds is 8. The van der Waals surface area contributed by atoms with Gasteiger partial charge in [-0.05, 0) is 31.2 Å². The summed E-state index contributed by atoms with van der Waals surface area (Å²) < 4.78 is 16.1. The van der Waals surface area contributed by atoms with Crippen LogP contribution >= 0.6 is 0 Å². The molecule has 4 nitrogen and oxygen atoms in total. The number of benzene rings is 1. The lowest BCUT2D eigenvalue weighted by molar-refractivity contribution is 0.114. The summed E-state index contributed by atoms with van der Waals surface area (Å²) in [4.78, 5) is 0. The monoisotopic (exact) mass is 253 g/mol. The van der Waals surface area contributed by atoms with Crippen LogP contribution in [0.1, 0.15) is 24.9 Å². The van der Waals surface area contributed by atoms with E-state index < -0.39 is 0 Å². The predicted molar refractivity (Wildman–Crippen MR) is 72.5 cm³/mol. The number of hydrogen-bond acceptors (Lipinski definition) is 4. The summed E-state index contributed by atoms with van der Waals surface area (Å²) >= 11 is 0. The molecule has 0 radical (unpaired) electrons. The predicted octanol–water partition coefficient (Wildman–Crippen LogP) is 2.39. The highest BCUT2D eigenvalue weighted by Gasteiger charge is 2.12. The molecule has 102 valence electrons. The minimum atomic E-state index is 0.163. The van der Waals surface area contributed by atoms with Gasteiger partial charge in [-0.2, -0.15) is 0 Å². The SMILES string of the molecule is CCCOCC(NC)c1ccc(OC)c(OC)c1. The summed E-state index contributed by atoms with van der Waals surface area (Å²) in [5.74, 6) is 1.48. The lowest BCUT2D eigenvalue weighted by atomic mass is 10.1. The van der Waals surface area contributed by atoms with Crippen LogP contribution in [0.25, 0.3) is 0 Å². The Morgan fingerprint density at radius 2 is 1.89 bits per heavy atom. The maximum absolute atomic E-state index is 5.59. The van der Waals surface area contributed by atoms with Crippen LogP contribution in [-0.4, -0.2) is 34.5 Å². The zero-order valence-electron chi connectivity index (χ0n) is 11.7. The molecule has 18 heavy (non-hydrogen) atoms. The number of nitrogens with one attached hydrogen (secondary N) is 1. The first-order valence-electron chi connectivity index (χ1n) is 6.23. The number of hydrogen-bond donors (Lipinski definition) is 1. The Balaban J connectivity index is 2.79. The van der Waals surface area contributed by atoms with Crippen LogP contribution in [0.3, 0.4) is 0 Å². The van der Waals surface area contributed by atoms with Crippen molar-refractivity contribution in [3.63, 3.8) is 0 Å². The van der Waals surface area contributed by atoms with Crippen molar-refractivity contribution in [3.05, 3.63) is 23.8 Å². The van der Waals surface area contributed by atoms with Gasteiger partial charge in [-0.15, -0.1) is 0 Å². The van der Waals surface area contributed by atoms with Crippen molar-refractivity contribution in [1.82, 2.24) is 5.32 Å². The van der Waals surface area contributed by atoms with Crippen LogP contribution < -0.4 is 14.8 Å². The van der Waals surface area contributed by atoms with E-state index in [-0.39, 0.29) is 6.04 Å². The third-order valence-electron chi connectivity index (χ3n) is 2.79. The minimum Gasteiger partial charge on any atom is -0.493 e. The van der Waals surface area contributed by atoms with E-state index in [0.29, 0.717) is 6.61 Å². The van der Waals surface area contributed by atoms with E-state index in [1.807, 2.05) is 25.2 Å². The molecule has 0 aliphatic heterocycles. The molecule has 0 saturated heterocycles. The summed E-state index contributed by atoms with van der Waals surface area (Å²) in [5.41, 5.74) is 1.13. The number of methoxy groups -OCH3 is 2. The average molecular weight is 253 g/mol. The van der Waals surface area contributed by atoms with Gasteiger partial charge in [-0.25, -0.2) is 0 Å². The van der Waals surface area contributed by atoms with E-state index in [1.54, 1.807) is 14.2 Å². The van der Waals surface area contributed by atoms with Crippen LogP contribution in [0.5, 0.6) is 11.5 Å². The fraction of sp³-hybridized carbons (Fsp3) is 0.571. The molecule has 1 rings (SSSR count). The van der Waals surface area contributed by atoms with Crippen LogP contribution in [0.4, 0.5) is 0 Å². The summed E-state index contributed by atoms with van der Waals surface area (Å²) in [6.45, 7) is 3.54. The van der Waals surface area contributed by atoms with Gasteiger partial charge >= 0.3 is 0 Å². The lowest BCUT2D eigenvalue weighted by Gasteiger charge is -2.18. The van der Waals surface area contributed by atoms with E-state index in [4.69, 9.17) is 14.2 Å². The van der Waals surface area contributed by atoms with Crippen molar-refractivity contribution in [2.75, 3.05) is 34.5 Å². The highest BCUT2D eigenvalue weighted by atomic mass is 16.5. The third kappa shape index (κ3) is 3.89. The van der Waals surface area contributed by atoms with Crippen molar-refractivity contribution in [3.8, 4) is 11.5 Å². The highest BCUT2D eigenvalue weighted by Crippen LogP contribution is 2.29. The van der Waals surface area contributed by atoms with E-state index in [0.717, 1.165) is 30.1 Å². The number of ether oxygens (including phenoxy) is 3. The van der Waals surface area contributed by atoms with Crippen LogP contribution in [0, 0.1) is 0 Å². The zero-order chi connectivity index (χ0) is 13.4. The standard InChI is InChI=1S/C14H23NO3/c1-5-8-18-10-12(15-2)11-6-7-13(16-3)14(9-11)17-4/h6-7,9,12,15H,5,8,10H2,1-4H3. The molecule has 0 spiro atoms. The molecule has 0 amide bonds. The van der Waals surface area contributed by atoms with Crippen molar-refractivity contribution in [2.45, 2.75) is 19.4 Å². The van der Waals surface area contributed by atoms with Crippen LogP contribution in [0.2, 0.25) is 0 Å². The molecule has 0 aliphatic carbocycles. The van der Waals surface area contributed by atoms with Crippen molar-refractivity contribution < 1.29 is 14.2 Å². The molecule has 1 atom stereocenters. The van der Waals surface area contributed by atoms with Gasteiger partial charge in [0.1, 0.15) is 0 Å². The Morgan fingerprint density at radius 1 is 1.17 bits per heavy atom. The Bertz CT molecular complexity index is 355. The molecule has 1 aromatic carbocycles. The molecule has 0 aromatic heterocycles. The van der Waals surface area contributed by atoms with E-state index in [1.165, 1.54) is 0 Å². The number of likely N-dealkylation sites (N-methyl/N-ethyl adjacent to an activating group) is 1. The van der Waals surface area contributed by atoms with Gasteiger partial charge in [0.25, 0.3) is 0 Å². The van der Waals surface area contributed by atoms with E-state index in [9.17, 15) is 0 Å².